The summed E-state index contributed by atoms with van der Waals surface area (Å²) in [7, 11) is -1.52. The highest BCUT2D eigenvalue weighted by atomic mass is 32.2. The molecule has 1 unspecified atom stereocenters. The van der Waals surface area contributed by atoms with Crippen molar-refractivity contribution in [3.63, 3.8) is 0 Å². The number of fused-ring (bicyclic) bond motifs is 1. The van der Waals surface area contributed by atoms with E-state index in [2.05, 4.69) is 22.5 Å². The lowest BCUT2D eigenvalue weighted by atomic mass is 10.1. The van der Waals surface area contributed by atoms with E-state index in [0.29, 0.717) is 25.7 Å². The molecule has 1 aliphatic rings. The van der Waals surface area contributed by atoms with Gasteiger partial charge in [0, 0.05) is 37.7 Å². The Labute approximate surface area is 168 Å². The van der Waals surface area contributed by atoms with Crippen LogP contribution in [0.5, 0.6) is 11.5 Å². The van der Waals surface area contributed by atoms with Crippen molar-refractivity contribution < 1.29 is 17.9 Å². The Morgan fingerprint density at radius 2 is 2.04 bits per heavy atom. The third-order valence-corrected chi connectivity index (χ3v) is 7.25. The molecule has 2 N–H and O–H groups in total. The van der Waals surface area contributed by atoms with Crippen LogP contribution in [0.2, 0.25) is 0 Å². The Kier molecular flexibility index (Phi) is 7.20. The number of hydrogen-bond donors (Lipinski definition) is 2. The lowest BCUT2D eigenvalue weighted by Crippen LogP contribution is -2.41. The number of guanidine groups is 1. The molecule has 8 heteroatoms. The van der Waals surface area contributed by atoms with Crippen LogP contribution in [0.25, 0.3) is 0 Å². The maximum Gasteiger partial charge on any atom is 0.191 e. The molecule has 28 heavy (non-hydrogen) atoms. The summed E-state index contributed by atoms with van der Waals surface area (Å²) in [6.07, 6.45) is 1.06. The van der Waals surface area contributed by atoms with Crippen LogP contribution in [0.4, 0.5) is 0 Å². The normalized spacial score (nSPS) is 17.1. The summed E-state index contributed by atoms with van der Waals surface area (Å²) in [4.78, 5) is 4.17. The second kappa shape index (κ2) is 9.03. The van der Waals surface area contributed by atoms with Gasteiger partial charge >= 0.3 is 0 Å². The van der Waals surface area contributed by atoms with E-state index in [-0.39, 0.29) is 11.9 Å². The van der Waals surface area contributed by atoms with Crippen molar-refractivity contribution in [1.29, 1.82) is 0 Å². The molecular formula is C20H33N3O4S. The Morgan fingerprint density at radius 1 is 1.32 bits per heavy atom. The number of hydrogen-bond acceptors (Lipinski definition) is 5. The van der Waals surface area contributed by atoms with Gasteiger partial charge in [0.1, 0.15) is 17.6 Å². The fourth-order valence-corrected chi connectivity index (χ4v) is 3.90. The lowest BCUT2D eigenvalue weighted by molar-refractivity contribution is 0.254. The van der Waals surface area contributed by atoms with Crippen molar-refractivity contribution in [3.05, 3.63) is 23.3 Å². The number of sulfone groups is 1. The van der Waals surface area contributed by atoms with Crippen LogP contribution >= 0.6 is 0 Å². The number of nitrogens with one attached hydrogen (secondary N) is 2. The maximum absolute atomic E-state index is 12.2. The Morgan fingerprint density at radius 3 is 2.64 bits per heavy atom. The molecule has 0 bridgehead atoms. The molecule has 1 aliphatic heterocycles. The smallest absolute Gasteiger partial charge is 0.191 e. The number of benzene rings is 1. The SMILES string of the molecule is CCOc1cc2c(cc1CNC(=NC)NCCS(=O)(=O)C(C)(C)C)OC(C)C2. The summed E-state index contributed by atoms with van der Waals surface area (Å²) in [5.41, 5.74) is 2.13. The topological polar surface area (TPSA) is 89.0 Å². The third kappa shape index (κ3) is 5.53. The summed E-state index contributed by atoms with van der Waals surface area (Å²) < 4.78 is 35.3. The van der Waals surface area contributed by atoms with Gasteiger partial charge < -0.3 is 20.1 Å². The van der Waals surface area contributed by atoms with Crippen LogP contribution in [0.1, 0.15) is 45.7 Å². The molecule has 0 spiro atoms. The van der Waals surface area contributed by atoms with Crippen molar-refractivity contribution in [2.45, 2.75) is 58.4 Å². The quantitative estimate of drug-likeness (QED) is 0.529. The predicted octanol–water partition coefficient (Wildman–Crippen LogP) is 2.29. The van der Waals surface area contributed by atoms with E-state index in [1.165, 1.54) is 0 Å². The van der Waals surface area contributed by atoms with Crippen LogP contribution < -0.4 is 20.1 Å². The van der Waals surface area contributed by atoms with Crippen molar-refractivity contribution in [3.8, 4) is 11.5 Å². The molecule has 0 saturated carbocycles. The fourth-order valence-electron chi connectivity index (χ4n) is 2.92. The minimum absolute atomic E-state index is 0.0476. The van der Waals surface area contributed by atoms with E-state index in [9.17, 15) is 8.42 Å². The molecule has 1 aromatic carbocycles. The van der Waals surface area contributed by atoms with Crippen LogP contribution in [0.3, 0.4) is 0 Å². The largest absolute Gasteiger partial charge is 0.494 e. The number of nitrogens with zero attached hydrogens (tertiary/aromatic N) is 1. The number of rotatable bonds is 7. The standard InChI is InChI=1S/C20H33N3O4S/c1-7-26-17-11-15-10-14(2)27-18(15)12-16(17)13-23-19(21-6)22-8-9-28(24,25)20(3,4)5/h11-12,14H,7-10,13H2,1-6H3,(H2,21,22,23). The second-order valence-corrected chi connectivity index (χ2v) is 10.8. The molecule has 0 amide bonds. The van der Waals surface area contributed by atoms with Gasteiger partial charge in [0.2, 0.25) is 0 Å². The summed E-state index contributed by atoms with van der Waals surface area (Å²) >= 11 is 0. The van der Waals surface area contributed by atoms with E-state index in [0.717, 1.165) is 29.0 Å². The molecule has 7 nitrogen and oxygen atoms in total. The van der Waals surface area contributed by atoms with Gasteiger partial charge in [-0.25, -0.2) is 8.42 Å². The highest BCUT2D eigenvalue weighted by Gasteiger charge is 2.28. The minimum atomic E-state index is -3.18. The van der Waals surface area contributed by atoms with Gasteiger partial charge in [0.05, 0.1) is 17.1 Å². The molecule has 2 rings (SSSR count). The first-order chi connectivity index (χ1) is 13.1. The predicted molar refractivity (Wildman–Crippen MR) is 113 cm³/mol. The van der Waals surface area contributed by atoms with Gasteiger partial charge in [-0.1, -0.05) is 0 Å². The van der Waals surface area contributed by atoms with Crippen LogP contribution in [0, 0.1) is 0 Å². The molecule has 1 heterocycles. The first-order valence-electron chi connectivity index (χ1n) is 9.69. The van der Waals surface area contributed by atoms with Crippen molar-refractivity contribution in [2.75, 3.05) is 26.0 Å². The van der Waals surface area contributed by atoms with E-state index in [1.54, 1.807) is 27.8 Å². The third-order valence-electron chi connectivity index (χ3n) is 4.65. The van der Waals surface area contributed by atoms with Gasteiger partial charge in [-0.05, 0) is 46.8 Å². The summed E-state index contributed by atoms with van der Waals surface area (Å²) in [6, 6.07) is 4.06. The molecular weight excluding hydrogens is 378 g/mol. The monoisotopic (exact) mass is 411 g/mol. The zero-order valence-corrected chi connectivity index (χ0v) is 18.6. The van der Waals surface area contributed by atoms with E-state index in [4.69, 9.17) is 9.47 Å². The molecule has 0 aliphatic carbocycles. The Hall–Kier alpha value is -1.96. The molecule has 158 valence electrons. The van der Waals surface area contributed by atoms with Crippen LogP contribution in [-0.4, -0.2) is 51.2 Å². The van der Waals surface area contributed by atoms with E-state index in [1.807, 2.05) is 19.1 Å². The second-order valence-electron chi connectivity index (χ2n) is 7.92. The Bertz CT molecular complexity index is 813. The first-order valence-corrected chi connectivity index (χ1v) is 11.3. The lowest BCUT2D eigenvalue weighted by Gasteiger charge is -2.20. The minimum Gasteiger partial charge on any atom is -0.494 e. The Balaban J connectivity index is 1.99. The number of aliphatic imine (C=N–C) groups is 1. The molecule has 0 saturated heterocycles. The van der Waals surface area contributed by atoms with Gasteiger partial charge in [0.15, 0.2) is 15.8 Å². The molecule has 0 radical (unpaired) electrons. The van der Waals surface area contributed by atoms with E-state index < -0.39 is 14.6 Å². The molecule has 0 fully saturated rings. The van der Waals surface area contributed by atoms with Gasteiger partial charge in [-0.2, -0.15) is 0 Å². The van der Waals surface area contributed by atoms with Gasteiger partial charge in [-0.15, -0.1) is 0 Å². The summed E-state index contributed by atoms with van der Waals surface area (Å²) in [5, 5.41) is 6.29. The average molecular weight is 412 g/mol. The van der Waals surface area contributed by atoms with Crippen LogP contribution in [0.15, 0.2) is 17.1 Å². The average Bonchev–Trinajstić information content (AvgIpc) is 2.95. The van der Waals surface area contributed by atoms with Crippen molar-refractivity contribution in [1.82, 2.24) is 10.6 Å². The fraction of sp³-hybridized carbons (Fsp3) is 0.650. The van der Waals surface area contributed by atoms with Crippen molar-refractivity contribution >= 4 is 15.8 Å². The number of ether oxygens (including phenoxy) is 2. The first kappa shape index (κ1) is 22.3. The maximum atomic E-state index is 12.2. The highest BCUT2D eigenvalue weighted by molar-refractivity contribution is 7.92. The van der Waals surface area contributed by atoms with Gasteiger partial charge in [0.25, 0.3) is 0 Å². The zero-order valence-electron chi connectivity index (χ0n) is 17.8. The van der Waals surface area contributed by atoms with Crippen LogP contribution in [-0.2, 0) is 22.8 Å². The molecule has 1 atom stereocenters. The summed E-state index contributed by atoms with van der Waals surface area (Å²) in [5.74, 6) is 2.32. The van der Waals surface area contributed by atoms with Crippen molar-refractivity contribution in [2.24, 2.45) is 4.99 Å². The van der Waals surface area contributed by atoms with E-state index >= 15 is 0 Å². The summed E-state index contributed by atoms with van der Waals surface area (Å²) in [6.45, 7) is 10.5. The zero-order chi connectivity index (χ0) is 20.9. The van der Waals surface area contributed by atoms with Gasteiger partial charge in [-0.3, -0.25) is 4.99 Å². The molecule has 0 aromatic heterocycles. The molecule has 1 aromatic rings. The highest BCUT2D eigenvalue weighted by Crippen LogP contribution is 2.35.